The predicted octanol–water partition coefficient (Wildman–Crippen LogP) is 3.11. The Bertz CT molecular complexity index is 1010. The minimum atomic E-state index is -0.260. The van der Waals surface area contributed by atoms with Crippen LogP contribution in [0.25, 0.3) is 22.2 Å². The molecule has 1 fully saturated rings. The molecule has 0 saturated carbocycles. The van der Waals surface area contributed by atoms with E-state index in [2.05, 4.69) is 28.7 Å². The molecule has 5 heterocycles. The highest BCUT2D eigenvalue weighted by atomic mass is 35.5. The second kappa shape index (κ2) is 5.77. The average Bonchev–Trinajstić information content (AvgIpc) is 3.01. The van der Waals surface area contributed by atoms with Gasteiger partial charge in [-0.15, -0.1) is 0 Å². The molecule has 5 rings (SSSR count). The zero-order valence-corrected chi connectivity index (χ0v) is 15.5. The van der Waals surface area contributed by atoms with E-state index in [1.165, 1.54) is 11.9 Å². The summed E-state index contributed by atoms with van der Waals surface area (Å²) < 4.78 is 17.6. The minimum absolute atomic E-state index is 0.260. The molecule has 3 aromatic heterocycles. The van der Waals surface area contributed by atoms with Crippen LogP contribution in [0.2, 0.25) is 5.15 Å². The number of aromatic nitrogens is 3. The number of morpholine rings is 1. The first-order chi connectivity index (χ1) is 12.5. The number of nitrogens with zero attached hydrogens (tertiary/aromatic N) is 4. The van der Waals surface area contributed by atoms with Crippen molar-refractivity contribution in [1.29, 1.82) is 0 Å². The third-order valence-corrected chi connectivity index (χ3v) is 5.34. The van der Waals surface area contributed by atoms with Crippen molar-refractivity contribution in [3.05, 3.63) is 22.6 Å². The van der Waals surface area contributed by atoms with Crippen LogP contribution in [0, 0.1) is 0 Å². The van der Waals surface area contributed by atoms with Crippen molar-refractivity contribution in [3.63, 3.8) is 0 Å². The maximum atomic E-state index is 6.23. The molecule has 0 amide bonds. The zero-order valence-electron chi connectivity index (χ0n) is 14.7. The third-order valence-electron chi connectivity index (χ3n) is 5.07. The number of pyridine rings is 1. The number of hydrogen-bond acceptors (Lipinski definition) is 7. The minimum Gasteiger partial charge on any atom is -0.433 e. The van der Waals surface area contributed by atoms with E-state index in [0.717, 1.165) is 41.8 Å². The van der Waals surface area contributed by atoms with Crippen molar-refractivity contribution < 1.29 is 13.9 Å². The van der Waals surface area contributed by atoms with Gasteiger partial charge in [-0.05, 0) is 19.4 Å². The second-order valence-corrected chi connectivity index (χ2v) is 7.70. The summed E-state index contributed by atoms with van der Waals surface area (Å²) in [7, 11) is 0. The van der Waals surface area contributed by atoms with Crippen LogP contribution < -0.4 is 4.90 Å². The van der Waals surface area contributed by atoms with Crippen LogP contribution in [0.3, 0.4) is 0 Å². The van der Waals surface area contributed by atoms with Crippen LogP contribution in [0.1, 0.15) is 25.0 Å². The maximum absolute atomic E-state index is 6.23. The highest BCUT2D eigenvalue weighted by Gasteiger charge is 2.33. The molecule has 0 aromatic carbocycles. The fourth-order valence-electron chi connectivity index (χ4n) is 3.80. The second-order valence-electron chi connectivity index (χ2n) is 7.34. The molecule has 0 bridgehead atoms. The fourth-order valence-corrected chi connectivity index (χ4v) is 3.97. The maximum Gasteiger partial charge on any atom is 0.231 e. The Morgan fingerprint density at radius 1 is 1.15 bits per heavy atom. The van der Waals surface area contributed by atoms with Gasteiger partial charge in [0, 0.05) is 25.1 Å². The van der Waals surface area contributed by atoms with Crippen molar-refractivity contribution in [2.75, 3.05) is 31.2 Å². The van der Waals surface area contributed by atoms with Crippen molar-refractivity contribution in [2.45, 2.75) is 32.5 Å². The largest absolute Gasteiger partial charge is 0.433 e. The van der Waals surface area contributed by atoms with Crippen molar-refractivity contribution in [2.24, 2.45) is 0 Å². The first-order valence-electron chi connectivity index (χ1n) is 8.74. The van der Waals surface area contributed by atoms with Gasteiger partial charge >= 0.3 is 0 Å². The Kier molecular flexibility index (Phi) is 3.60. The van der Waals surface area contributed by atoms with E-state index in [1.807, 2.05) is 0 Å². The fraction of sp³-hybridized carbons (Fsp3) is 0.500. The van der Waals surface area contributed by atoms with Gasteiger partial charge in [0.25, 0.3) is 0 Å². The van der Waals surface area contributed by atoms with Crippen molar-refractivity contribution in [1.82, 2.24) is 15.0 Å². The lowest BCUT2D eigenvalue weighted by Gasteiger charge is -2.36. The van der Waals surface area contributed by atoms with Gasteiger partial charge < -0.3 is 18.8 Å². The van der Waals surface area contributed by atoms with Gasteiger partial charge in [0.15, 0.2) is 10.7 Å². The van der Waals surface area contributed by atoms with Crippen LogP contribution in [0.15, 0.2) is 10.7 Å². The molecule has 0 unspecified atom stereocenters. The van der Waals surface area contributed by atoms with Gasteiger partial charge in [-0.25, -0.2) is 9.97 Å². The Balaban J connectivity index is 1.82. The standard InChI is InChI=1S/C18H19ClN4O3/c1-18(2)7-10-11(8-25-18)16(23-3-5-24-6-4-23)22-17-12(10)13-14(26-17)15(19)21-9-20-13/h9H,3-8H2,1-2H3. The van der Waals surface area contributed by atoms with Gasteiger partial charge in [-0.1, -0.05) is 11.6 Å². The van der Waals surface area contributed by atoms with E-state index >= 15 is 0 Å². The average molecular weight is 375 g/mol. The monoisotopic (exact) mass is 374 g/mol. The van der Waals surface area contributed by atoms with E-state index < -0.39 is 0 Å². The molecule has 1 saturated heterocycles. The Morgan fingerprint density at radius 3 is 2.77 bits per heavy atom. The lowest BCUT2D eigenvalue weighted by Crippen LogP contribution is -2.39. The van der Waals surface area contributed by atoms with E-state index in [4.69, 9.17) is 30.5 Å². The summed E-state index contributed by atoms with van der Waals surface area (Å²) in [5.41, 5.74) is 3.79. The Morgan fingerprint density at radius 2 is 1.96 bits per heavy atom. The lowest BCUT2D eigenvalue weighted by atomic mass is 9.90. The molecule has 2 aliphatic rings. The van der Waals surface area contributed by atoms with Crippen LogP contribution in [-0.2, 0) is 22.5 Å². The lowest BCUT2D eigenvalue weighted by molar-refractivity contribution is -0.0396. The molecule has 2 aliphatic heterocycles. The van der Waals surface area contributed by atoms with Crippen molar-refractivity contribution >= 4 is 39.6 Å². The number of rotatable bonds is 1. The van der Waals surface area contributed by atoms with Crippen LogP contribution >= 0.6 is 11.6 Å². The molecule has 26 heavy (non-hydrogen) atoms. The van der Waals surface area contributed by atoms with Gasteiger partial charge in [0.1, 0.15) is 17.7 Å². The number of fused-ring (bicyclic) bond motifs is 5. The number of anilines is 1. The third kappa shape index (κ3) is 2.46. The molecule has 7 nitrogen and oxygen atoms in total. The summed E-state index contributed by atoms with van der Waals surface area (Å²) in [6, 6.07) is 0. The first kappa shape index (κ1) is 16.2. The van der Waals surface area contributed by atoms with E-state index in [9.17, 15) is 0 Å². The predicted molar refractivity (Wildman–Crippen MR) is 97.7 cm³/mol. The van der Waals surface area contributed by atoms with Gasteiger partial charge in [0.05, 0.1) is 30.8 Å². The molecule has 0 aliphatic carbocycles. The molecule has 8 heteroatoms. The summed E-state index contributed by atoms with van der Waals surface area (Å²) in [4.78, 5) is 15.5. The molecule has 3 aromatic rings. The highest BCUT2D eigenvalue weighted by Crippen LogP contribution is 2.41. The molecule has 136 valence electrons. The van der Waals surface area contributed by atoms with Crippen LogP contribution in [0.4, 0.5) is 5.82 Å². The molecular formula is C18H19ClN4O3. The summed E-state index contributed by atoms with van der Waals surface area (Å²) >= 11 is 6.23. The van der Waals surface area contributed by atoms with Crippen LogP contribution in [0.5, 0.6) is 0 Å². The summed E-state index contributed by atoms with van der Waals surface area (Å²) in [6.45, 7) is 7.70. The Hall–Kier alpha value is -1.96. The first-order valence-corrected chi connectivity index (χ1v) is 9.12. The van der Waals surface area contributed by atoms with Gasteiger partial charge in [0.2, 0.25) is 5.71 Å². The summed E-state index contributed by atoms with van der Waals surface area (Å²) in [6.07, 6.45) is 2.22. The van der Waals surface area contributed by atoms with Gasteiger partial charge in [-0.2, -0.15) is 4.98 Å². The quantitative estimate of drug-likeness (QED) is 0.606. The number of furan rings is 1. The smallest absolute Gasteiger partial charge is 0.231 e. The molecule has 0 spiro atoms. The SMILES string of the molecule is CC1(C)Cc2c(c(N3CCOCC3)nc3oc4c(Cl)ncnc4c23)CO1. The Labute approximate surface area is 155 Å². The number of hydrogen-bond donors (Lipinski definition) is 0. The summed E-state index contributed by atoms with van der Waals surface area (Å²) in [5, 5.41) is 1.23. The topological polar surface area (TPSA) is 73.5 Å². The molecule has 0 radical (unpaired) electrons. The van der Waals surface area contributed by atoms with E-state index in [0.29, 0.717) is 36.3 Å². The van der Waals surface area contributed by atoms with Crippen molar-refractivity contribution in [3.8, 4) is 0 Å². The number of halogens is 1. The van der Waals surface area contributed by atoms with Crippen LogP contribution in [-0.4, -0.2) is 46.9 Å². The van der Waals surface area contributed by atoms with E-state index in [-0.39, 0.29) is 5.60 Å². The normalized spacial score (nSPS) is 19.9. The van der Waals surface area contributed by atoms with Gasteiger partial charge in [-0.3, -0.25) is 0 Å². The number of ether oxygens (including phenoxy) is 2. The molecule has 0 N–H and O–H groups in total. The molecule has 0 atom stereocenters. The molecular weight excluding hydrogens is 356 g/mol. The van der Waals surface area contributed by atoms with E-state index in [1.54, 1.807) is 0 Å². The highest BCUT2D eigenvalue weighted by molar-refractivity contribution is 6.34. The zero-order chi connectivity index (χ0) is 17.9. The summed E-state index contributed by atoms with van der Waals surface area (Å²) in [5.74, 6) is 0.912.